The summed E-state index contributed by atoms with van der Waals surface area (Å²) in [5.74, 6) is 0. The molecule has 4 heteroatoms. The fourth-order valence-corrected chi connectivity index (χ4v) is 5.19. The van der Waals surface area contributed by atoms with E-state index in [0.29, 0.717) is 5.56 Å². The van der Waals surface area contributed by atoms with E-state index in [0.717, 1.165) is 39.5 Å². The Morgan fingerprint density at radius 2 is 1.28 bits per heavy atom. The maximum Gasteiger partial charge on any atom is 0.238 e. The maximum atomic E-state index is 11.5. The van der Waals surface area contributed by atoms with Gasteiger partial charge in [-0.05, 0) is 61.9 Å². The van der Waals surface area contributed by atoms with Crippen molar-refractivity contribution >= 4 is 44.9 Å². The number of aliphatic imine (C=N–C) groups is 2. The monoisotopic (exact) mass is 412 g/mol. The van der Waals surface area contributed by atoms with Crippen LogP contribution in [0, 0.1) is 0 Å². The first-order chi connectivity index (χ1) is 15.8. The molecule has 150 valence electrons. The van der Waals surface area contributed by atoms with Crippen molar-refractivity contribution in [1.29, 1.82) is 0 Å². The average Bonchev–Trinajstić information content (AvgIpc) is 2.83. The van der Waals surface area contributed by atoms with E-state index in [-0.39, 0.29) is 0 Å². The van der Waals surface area contributed by atoms with Crippen LogP contribution in [-0.4, -0.2) is 12.2 Å². The lowest BCUT2D eigenvalue weighted by atomic mass is 9.76. The number of nitrogens with zero attached hydrogens (tertiary/aromatic N) is 2. The second-order valence-corrected chi connectivity index (χ2v) is 8.04. The molecule has 4 nitrogen and oxygen atoms in total. The third kappa shape index (κ3) is 2.45. The van der Waals surface area contributed by atoms with Gasteiger partial charge in [-0.15, -0.1) is 0 Å². The Morgan fingerprint density at radius 3 is 1.97 bits per heavy atom. The summed E-state index contributed by atoms with van der Waals surface area (Å²) in [6, 6.07) is 24.5. The van der Waals surface area contributed by atoms with Crippen LogP contribution in [0.3, 0.4) is 0 Å². The van der Waals surface area contributed by atoms with Crippen molar-refractivity contribution in [1.82, 2.24) is 0 Å². The predicted octanol–water partition coefficient (Wildman–Crippen LogP) is 5.85. The molecule has 32 heavy (non-hydrogen) atoms. The van der Waals surface area contributed by atoms with E-state index in [1.54, 1.807) is 18.2 Å². The van der Waals surface area contributed by atoms with Crippen molar-refractivity contribution < 1.29 is 9.59 Å². The first-order valence-corrected chi connectivity index (χ1v) is 10.4. The molecule has 4 aromatic carbocycles. The highest BCUT2D eigenvalue weighted by Gasteiger charge is 2.37. The molecule has 0 fully saturated rings. The van der Waals surface area contributed by atoms with Gasteiger partial charge in [-0.25, -0.2) is 9.59 Å². The van der Waals surface area contributed by atoms with Crippen LogP contribution in [0.5, 0.6) is 0 Å². The number of hydrogen-bond acceptors (Lipinski definition) is 4. The lowest BCUT2D eigenvalue weighted by molar-refractivity contribution is 0.526. The molecular weight excluding hydrogens is 396 g/mol. The summed E-state index contributed by atoms with van der Waals surface area (Å²) in [5, 5.41) is 4.33. The van der Waals surface area contributed by atoms with Gasteiger partial charge in [0.1, 0.15) is 0 Å². The van der Waals surface area contributed by atoms with Crippen molar-refractivity contribution in [2.75, 3.05) is 0 Å². The zero-order chi connectivity index (χ0) is 21.7. The fraction of sp³-hybridized carbons (Fsp3) is 0.0714. The van der Waals surface area contributed by atoms with Crippen molar-refractivity contribution in [3.8, 4) is 0 Å². The molecule has 0 saturated carbocycles. The highest BCUT2D eigenvalue weighted by atomic mass is 16.1. The Bertz CT molecular complexity index is 1590. The maximum absolute atomic E-state index is 11.5. The van der Waals surface area contributed by atoms with Gasteiger partial charge in [-0.2, -0.15) is 9.98 Å². The molecule has 0 N–H and O–H groups in total. The number of benzene rings is 4. The van der Waals surface area contributed by atoms with Crippen LogP contribution in [-0.2, 0) is 21.7 Å². The summed E-state index contributed by atoms with van der Waals surface area (Å²) in [7, 11) is 0. The Morgan fingerprint density at radius 1 is 0.688 bits per heavy atom. The van der Waals surface area contributed by atoms with Crippen LogP contribution >= 0.6 is 0 Å². The Kier molecular flexibility index (Phi) is 3.93. The number of carbonyl (C=O) groups excluding carboxylic acids is 2. The third-order valence-corrected chi connectivity index (χ3v) is 6.47. The number of allylic oxidation sites excluding steroid dienone is 3. The molecular formula is C28H16N2O2. The highest BCUT2D eigenvalue weighted by Crippen LogP contribution is 2.49. The van der Waals surface area contributed by atoms with Crippen LogP contribution in [0.4, 0.5) is 0 Å². The van der Waals surface area contributed by atoms with Gasteiger partial charge < -0.3 is 0 Å². The minimum atomic E-state index is -1.49. The fourth-order valence-electron chi connectivity index (χ4n) is 5.19. The SMILES string of the molecule is O=C=NC1(N=C=O)C=C(C2=CCc3cccc4cccc2c34)c2cccc3cccc1c23. The Labute approximate surface area is 183 Å². The van der Waals surface area contributed by atoms with Crippen LogP contribution in [0.15, 0.2) is 94.9 Å². The van der Waals surface area contributed by atoms with E-state index >= 15 is 0 Å². The van der Waals surface area contributed by atoms with Crippen molar-refractivity contribution in [2.45, 2.75) is 12.1 Å². The van der Waals surface area contributed by atoms with Crippen LogP contribution < -0.4 is 0 Å². The smallest absolute Gasteiger partial charge is 0.211 e. The molecule has 0 bridgehead atoms. The quantitative estimate of drug-likeness (QED) is 0.313. The van der Waals surface area contributed by atoms with Crippen LogP contribution in [0.1, 0.15) is 22.3 Å². The molecule has 0 radical (unpaired) electrons. The molecule has 0 aromatic heterocycles. The second-order valence-electron chi connectivity index (χ2n) is 8.04. The van der Waals surface area contributed by atoms with Gasteiger partial charge in [0.25, 0.3) is 0 Å². The standard InChI is InChI=1S/C28H16N2O2/c31-16-29-28(30-17-32)15-24(23-11-3-8-19-9-4-12-25(28)27(19)23)21-14-13-20-6-1-5-18-7-2-10-22(21)26(18)20/h1-12,14-15H,13H2. The molecule has 6 rings (SSSR count). The van der Waals surface area contributed by atoms with Gasteiger partial charge >= 0.3 is 0 Å². The van der Waals surface area contributed by atoms with Gasteiger partial charge in [-0.1, -0.05) is 78.9 Å². The van der Waals surface area contributed by atoms with Crippen LogP contribution in [0.2, 0.25) is 0 Å². The normalized spacial score (nSPS) is 18.4. The van der Waals surface area contributed by atoms with E-state index in [1.165, 1.54) is 16.3 Å². The summed E-state index contributed by atoms with van der Waals surface area (Å²) in [6.45, 7) is 0. The Hall–Kier alpha value is -4.36. The van der Waals surface area contributed by atoms with Gasteiger partial charge in [0.05, 0.1) is 0 Å². The van der Waals surface area contributed by atoms with Gasteiger partial charge in [0, 0.05) is 5.56 Å². The van der Waals surface area contributed by atoms with E-state index < -0.39 is 5.66 Å². The molecule has 0 heterocycles. The van der Waals surface area contributed by atoms with E-state index in [4.69, 9.17) is 0 Å². The minimum Gasteiger partial charge on any atom is -0.211 e. The summed E-state index contributed by atoms with van der Waals surface area (Å²) < 4.78 is 0. The number of hydrogen-bond donors (Lipinski definition) is 0. The van der Waals surface area contributed by atoms with Gasteiger partial charge in [0.2, 0.25) is 17.8 Å². The molecule has 2 aliphatic rings. The molecule has 0 unspecified atom stereocenters. The van der Waals surface area contributed by atoms with Crippen molar-refractivity contribution in [3.63, 3.8) is 0 Å². The topological polar surface area (TPSA) is 58.9 Å². The number of rotatable bonds is 3. The predicted molar refractivity (Wildman–Crippen MR) is 125 cm³/mol. The Balaban J connectivity index is 1.73. The summed E-state index contributed by atoms with van der Waals surface area (Å²) in [4.78, 5) is 31.0. The van der Waals surface area contributed by atoms with E-state index in [1.807, 2.05) is 30.3 Å². The molecule has 0 atom stereocenters. The summed E-state index contributed by atoms with van der Waals surface area (Å²) in [6.07, 6.45) is 8.07. The first-order valence-electron chi connectivity index (χ1n) is 10.4. The van der Waals surface area contributed by atoms with E-state index in [2.05, 4.69) is 58.5 Å². The minimum absolute atomic E-state index is 0.677. The molecule has 4 aromatic rings. The first kappa shape index (κ1) is 18.4. The third-order valence-electron chi connectivity index (χ3n) is 6.47. The zero-order valence-electron chi connectivity index (χ0n) is 17.0. The molecule has 2 aliphatic carbocycles. The summed E-state index contributed by atoms with van der Waals surface area (Å²) in [5.41, 5.74) is 4.55. The molecule has 0 aliphatic heterocycles. The molecule has 0 amide bonds. The van der Waals surface area contributed by atoms with Crippen LogP contribution in [0.25, 0.3) is 32.7 Å². The lowest BCUT2D eigenvalue weighted by Crippen LogP contribution is -2.23. The van der Waals surface area contributed by atoms with Crippen molar-refractivity contribution in [2.24, 2.45) is 9.98 Å². The van der Waals surface area contributed by atoms with Gasteiger partial charge in [-0.3, -0.25) is 0 Å². The van der Waals surface area contributed by atoms with Gasteiger partial charge in [0.15, 0.2) is 0 Å². The highest BCUT2D eigenvalue weighted by molar-refractivity contribution is 6.17. The molecule has 0 saturated heterocycles. The lowest BCUT2D eigenvalue weighted by Gasteiger charge is -2.31. The molecule has 0 spiro atoms. The zero-order valence-corrected chi connectivity index (χ0v) is 17.0. The van der Waals surface area contributed by atoms with Crippen molar-refractivity contribution in [3.05, 3.63) is 107 Å². The second kappa shape index (κ2) is 6.83. The average molecular weight is 412 g/mol. The number of isocyanates is 2. The largest absolute Gasteiger partial charge is 0.238 e. The van der Waals surface area contributed by atoms with E-state index in [9.17, 15) is 9.59 Å². The summed E-state index contributed by atoms with van der Waals surface area (Å²) >= 11 is 0.